The third-order valence-corrected chi connectivity index (χ3v) is 2.77. The van der Waals surface area contributed by atoms with Crippen LogP contribution in [0.4, 0.5) is 0 Å². The summed E-state index contributed by atoms with van der Waals surface area (Å²) in [6, 6.07) is 16.5. The van der Waals surface area contributed by atoms with Gasteiger partial charge in [0.15, 0.2) is 6.29 Å². The zero-order chi connectivity index (χ0) is 13.0. The Morgan fingerprint density at radius 3 is 1.94 bits per heavy atom. The van der Waals surface area contributed by atoms with Gasteiger partial charge >= 0.3 is 0 Å². The number of benzene rings is 2. The van der Waals surface area contributed by atoms with E-state index in [9.17, 15) is 14.7 Å². The third-order valence-electron chi connectivity index (χ3n) is 2.77. The van der Waals surface area contributed by atoms with Crippen LogP contribution in [0.15, 0.2) is 60.7 Å². The number of Topliss-reactive ketones (excluding diaryl/α,β-unsaturated/α-hetero) is 1. The molecule has 1 N–H and O–H groups in total. The van der Waals surface area contributed by atoms with E-state index in [0.717, 1.165) is 0 Å². The highest BCUT2D eigenvalue weighted by molar-refractivity contribution is 6.11. The van der Waals surface area contributed by atoms with E-state index in [4.69, 9.17) is 0 Å². The van der Waals surface area contributed by atoms with Gasteiger partial charge in [0.1, 0.15) is 0 Å². The Kier molecular flexibility index (Phi) is 3.35. The first-order valence-electron chi connectivity index (χ1n) is 5.52. The normalized spacial score (nSPS) is 13.6. The fraction of sp³-hybridized carbons (Fsp3) is 0.0667. The van der Waals surface area contributed by atoms with Gasteiger partial charge in [0.05, 0.1) is 0 Å². The van der Waals surface area contributed by atoms with Crippen LogP contribution in [0, 0.1) is 0 Å². The van der Waals surface area contributed by atoms with Crippen molar-refractivity contribution in [3.8, 4) is 0 Å². The highest BCUT2D eigenvalue weighted by atomic mass is 16.3. The first kappa shape index (κ1) is 12.2. The molecular formula is C15H12O3. The zero-order valence-corrected chi connectivity index (χ0v) is 9.61. The molecule has 18 heavy (non-hydrogen) atoms. The van der Waals surface area contributed by atoms with Crippen molar-refractivity contribution in [3.05, 3.63) is 71.8 Å². The monoisotopic (exact) mass is 240 g/mol. The Bertz CT molecular complexity index is 548. The fourth-order valence-corrected chi connectivity index (χ4v) is 1.75. The van der Waals surface area contributed by atoms with Gasteiger partial charge in [-0.1, -0.05) is 60.7 Å². The molecule has 0 aliphatic carbocycles. The average molecular weight is 240 g/mol. The van der Waals surface area contributed by atoms with Crippen molar-refractivity contribution >= 4 is 12.1 Å². The number of aldehydes is 1. The minimum atomic E-state index is -2.12. The first-order chi connectivity index (χ1) is 8.68. The second kappa shape index (κ2) is 4.94. The second-order valence-corrected chi connectivity index (χ2v) is 3.95. The summed E-state index contributed by atoms with van der Waals surface area (Å²) >= 11 is 0. The molecule has 0 saturated carbocycles. The maximum Gasteiger partial charge on any atom is 0.208 e. The number of rotatable bonds is 4. The van der Waals surface area contributed by atoms with E-state index in [1.807, 2.05) is 0 Å². The summed E-state index contributed by atoms with van der Waals surface area (Å²) in [5, 5.41) is 10.3. The Morgan fingerprint density at radius 1 is 0.944 bits per heavy atom. The SMILES string of the molecule is O=CC(O)(C(=O)c1ccccc1)c1ccccc1. The van der Waals surface area contributed by atoms with Crippen LogP contribution in [-0.2, 0) is 10.4 Å². The van der Waals surface area contributed by atoms with Crippen molar-refractivity contribution in [3.63, 3.8) is 0 Å². The summed E-state index contributed by atoms with van der Waals surface area (Å²) in [6.07, 6.45) is 0.275. The molecule has 0 radical (unpaired) electrons. The fourth-order valence-electron chi connectivity index (χ4n) is 1.75. The predicted molar refractivity (Wildman–Crippen MR) is 67.2 cm³/mol. The Hall–Kier alpha value is -2.26. The molecule has 0 fully saturated rings. The van der Waals surface area contributed by atoms with Gasteiger partial charge in [0.2, 0.25) is 11.4 Å². The molecule has 0 amide bonds. The van der Waals surface area contributed by atoms with Crippen LogP contribution in [0.2, 0.25) is 0 Å². The van der Waals surface area contributed by atoms with Crippen LogP contribution in [0.25, 0.3) is 0 Å². The summed E-state index contributed by atoms with van der Waals surface area (Å²) in [5.74, 6) is -0.621. The first-order valence-corrected chi connectivity index (χ1v) is 5.52. The van der Waals surface area contributed by atoms with E-state index in [1.165, 1.54) is 0 Å². The van der Waals surface area contributed by atoms with Crippen LogP contribution in [0.3, 0.4) is 0 Å². The third kappa shape index (κ3) is 2.08. The standard InChI is InChI=1S/C15H12O3/c16-11-15(18,13-9-5-2-6-10-13)14(17)12-7-3-1-4-8-12/h1-11,18H. The lowest BCUT2D eigenvalue weighted by atomic mass is 9.87. The molecule has 2 rings (SSSR count). The second-order valence-electron chi connectivity index (χ2n) is 3.95. The van der Waals surface area contributed by atoms with E-state index >= 15 is 0 Å². The van der Waals surface area contributed by atoms with E-state index in [0.29, 0.717) is 5.56 Å². The molecule has 2 aromatic carbocycles. The molecule has 0 saturated heterocycles. The molecule has 0 bridgehead atoms. The van der Waals surface area contributed by atoms with Crippen LogP contribution >= 0.6 is 0 Å². The van der Waals surface area contributed by atoms with E-state index in [1.54, 1.807) is 60.7 Å². The van der Waals surface area contributed by atoms with Crippen molar-refractivity contribution in [2.45, 2.75) is 5.60 Å². The molecule has 1 unspecified atom stereocenters. The highest BCUT2D eigenvalue weighted by Gasteiger charge is 2.38. The van der Waals surface area contributed by atoms with E-state index < -0.39 is 11.4 Å². The summed E-state index contributed by atoms with van der Waals surface area (Å²) in [6.45, 7) is 0. The van der Waals surface area contributed by atoms with Crippen LogP contribution in [0.1, 0.15) is 15.9 Å². The van der Waals surface area contributed by atoms with Crippen molar-refractivity contribution < 1.29 is 14.7 Å². The van der Waals surface area contributed by atoms with Crippen molar-refractivity contribution in [2.75, 3.05) is 0 Å². The minimum absolute atomic E-state index is 0.272. The maximum absolute atomic E-state index is 12.2. The van der Waals surface area contributed by atoms with Gasteiger partial charge in [-0.05, 0) is 5.56 Å². The van der Waals surface area contributed by atoms with E-state index in [2.05, 4.69) is 0 Å². The van der Waals surface area contributed by atoms with Crippen molar-refractivity contribution in [1.82, 2.24) is 0 Å². The molecule has 0 spiro atoms. The molecular weight excluding hydrogens is 228 g/mol. The van der Waals surface area contributed by atoms with Gasteiger partial charge < -0.3 is 5.11 Å². The molecule has 90 valence electrons. The lowest BCUT2D eigenvalue weighted by Crippen LogP contribution is -2.37. The minimum Gasteiger partial charge on any atom is -0.371 e. The average Bonchev–Trinajstić information content (AvgIpc) is 2.47. The number of hydrogen-bond donors (Lipinski definition) is 1. The number of aliphatic hydroxyl groups is 1. The number of carbonyl (C=O) groups is 2. The predicted octanol–water partition coefficient (Wildman–Crippen LogP) is 1.96. The molecule has 2 aromatic rings. The summed E-state index contributed by atoms with van der Waals surface area (Å²) < 4.78 is 0. The number of hydrogen-bond acceptors (Lipinski definition) is 3. The zero-order valence-electron chi connectivity index (χ0n) is 9.61. The van der Waals surface area contributed by atoms with Gasteiger partial charge in [-0.2, -0.15) is 0 Å². The molecule has 0 aliphatic rings. The van der Waals surface area contributed by atoms with E-state index in [-0.39, 0.29) is 11.8 Å². The molecule has 0 aromatic heterocycles. The van der Waals surface area contributed by atoms with Gasteiger partial charge in [0, 0.05) is 5.56 Å². The van der Waals surface area contributed by atoms with Crippen LogP contribution in [0.5, 0.6) is 0 Å². The Morgan fingerprint density at radius 2 is 1.44 bits per heavy atom. The van der Waals surface area contributed by atoms with Crippen LogP contribution < -0.4 is 0 Å². The topological polar surface area (TPSA) is 54.4 Å². The van der Waals surface area contributed by atoms with Gasteiger partial charge in [-0.3, -0.25) is 9.59 Å². The number of ketones is 1. The molecule has 0 aliphatic heterocycles. The number of carbonyl (C=O) groups excluding carboxylic acids is 2. The Balaban J connectivity index is 2.46. The summed E-state index contributed by atoms with van der Waals surface area (Å²) in [7, 11) is 0. The van der Waals surface area contributed by atoms with Gasteiger partial charge in [0.25, 0.3) is 0 Å². The lowest BCUT2D eigenvalue weighted by molar-refractivity contribution is -0.120. The lowest BCUT2D eigenvalue weighted by Gasteiger charge is -2.20. The highest BCUT2D eigenvalue weighted by Crippen LogP contribution is 2.23. The smallest absolute Gasteiger partial charge is 0.208 e. The summed E-state index contributed by atoms with van der Waals surface area (Å²) in [5.41, 5.74) is -1.55. The van der Waals surface area contributed by atoms with Gasteiger partial charge in [-0.15, -0.1) is 0 Å². The molecule has 3 nitrogen and oxygen atoms in total. The molecule has 1 atom stereocenters. The van der Waals surface area contributed by atoms with Crippen molar-refractivity contribution in [1.29, 1.82) is 0 Å². The van der Waals surface area contributed by atoms with Crippen LogP contribution in [-0.4, -0.2) is 17.2 Å². The largest absolute Gasteiger partial charge is 0.371 e. The molecule has 0 heterocycles. The van der Waals surface area contributed by atoms with Gasteiger partial charge in [-0.25, -0.2) is 0 Å². The summed E-state index contributed by atoms with van der Waals surface area (Å²) in [4.78, 5) is 23.4. The Labute approximate surface area is 105 Å². The maximum atomic E-state index is 12.2. The molecule has 3 heteroatoms. The quantitative estimate of drug-likeness (QED) is 0.505. The van der Waals surface area contributed by atoms with Crippen molar-refractivity contribution in [2.24, 2.45) is 0 Å².